The first-order valence-corrected chi connectivity index (χ1v) is 6.91. The van der Waals surface area contributed by atoms with E-state index in [1.165, 1.54) is 31.4 Å². The summed E-state index contributed by atoms with van der Waals surface area (Å²) in [6.07, 6.45) is 3.86. The van der Waals surface area contributed by atoms with Crippen molar-refractivity contribution in [2.24, 2.45) is 11.8 Å². The van der Waals surface area contributed by atoms with E-state index < -0.39 is 0 Å². The van der Waals surface area contributed by atoms with Crippen molar-refractivity contribution in [2.75, 3.05) is 18.4 Å². The van der Waals surface area contributed by atoms with Gasteiger partial charge in [-0.15, -0.1) is 0 Å². The monoisotopic (exact) mass is 264 g/mol. The number of carbonyl (C=O) groups excluding carboxylic acids is 1. The maximum atomic E-state index is 12.7. The molecule has 0 heterocycles. The maximum absolute atomic E-state index is 12.7. The van der Waals surface area contributed by atoms with Crippen molar-refractivity contribution in [3.63, 3.8) is 0 Å². The lowest BCUT2D eigenvalue weighted by atomic mass is 9.98. The quantitative estimate of drug-likeness (QED) is 0.858. The van der Waals surface area contributed by atoms with Crippen molar-refractivity contribution in [3.05, 3.63) is 30.1 Å². The Balaban J connectivity index is 1.68. The number of amides is 1. The molecule has 0 radical (unpaired) electrons. The molecule has 1 saturated carbocycles. The second kappa shape index (κ2) is 6.66. The van der Waals surface area contributed by atoms with Crippen LogP contribution in [0, 0.1) is 17.7 Å². The average molecular weight is 264 g/mol. The smallest absolute Gasteiger partial charge is 0.238 e. The molecule has 19 heavy (non-hydrogen) atoms. The van der Waals surface area contributed by atoms with Crippen molar-refractivity contribution in [3.8, 4) is 0 Å². The van der Waals surface area contributed by atoms with Crippen LogP contribution < -0.4 is 10.6 Å². The number of hydrogen-bond donors (Lipinski definition) is 2. The fourth-order valence-electron chi connectivity index (χ4n) is 2.63. The van der Waals surface area contributed by atoms with Crippen LogP contribution in [0.4, 0.5) is 10.1 Å². The zero-order valence-corrected chi connectivity index (χ0v) is 11.3. The number of anilines is 1. The Morgan fingerprint density at radius 1 is 1.32 bits per heavy atom. The number of halogens is 1. The number of rotatable bonds is 5. The Kier molecular flexibility index (Phi) is 4.91. The van der Waals surface area contributed by atoms with E-state index in [0.29, 0.717) is 18.2 Å². The second-order valence-corrected chi connectivity index (χ2v) is 5.35. The van der Waals surface area contributed by atoms with Gasteiger partial charge in [-0.1, -0.05) is 19.8 Å². The van der Waals surface area contributed by atoms with Crippen LogP contribution >= 0.6 is 0 Å². The molecule has 1 aliphatic rings. The van der Waals surface area contributed by atoms with Crippen LogP contribution in [0.2, 0.25) is 0 Å². The zero-order chi connectivity index (χ0) is 13.7. The first kappa shape index (κ1) is 14.0. The highest BCUT2D eigenvalue weighted by atomic mass is 19.1. The predicted octanol–water partition coefficient (Wildman–Crippen LogP) is 2.79. The van der Waals surface area contributed by atoms with E-state index in [-0.39, 0.29) is 11.7 Å². The third-order valence-corrected chi connectivity index (χ3v) is 3.86. The lowest BCUT2D eigenvalue weighted by molar-refractivity contribution is -0.115. The second-order valence-electron chi connectivity index (χ2n) is 5.35. The topological polar surface area (TPSA) is 41.1 Å². The van der Waals surface area contributed by atoms with Gasteiger partial charge in [0.1, 0.15) is 5.82 Å². The van der Waals surface area contributed by atoms with Gasteiger partial charge in [0.2, 0.25) is 5.91 Å². The molecule has 1 amide bonds. The standard InChI is InChI=1S/C15H21FN2O/c1-11-3-2-4-12(11)9-17-10-15(19)18-14-7-5-13(16)6-8-14/h5-8,11-12,17H,2-4,9-10H2,1H3,(H,18,19). The van der Waals surface area contributed by atoms with Crippen LogP contribution in [0.5, 0.6) is 0 Å². The molecule has 3 nitrogen and oxygen atoms in total. The van der Waals surface area contributed by atoms with Gasteiger partial charge in [0.25, 0.3) is 0 Å². The van der Waals surface area contributed by atoms with Crippen LogP contribution in [-0.2, 0) is 4.79 Å². The van der Waals surface area contributed by atoms with Gasteiger partial charge in [0.15, 0.2) is 0 Å². The molecule has 1 aromatic carbocycles. The first-order chi connectivity index (χ1) is 9.15. The van der Waals surface area contributed by atoms with E-state index in [9.17, 15) is 9.18 Å². The molecule has 0 saturated heterocycles. The summed E-state index contributed by atoms with van der Waals surface area (Å²) in [5.41, 5.74) is 0.627. The van der Waals surface area contributed by atoms with Gasteiger partial charge in [-0.2, -0.15) is 0 Å². The summed E-state index contributed by atoms with van der Waals surface area (Å²) >= 11 is 0. The molecule has 0 spiro atoms. The minimum Gasteiger partial charge on any atom is -0.325 e. The Morgan fingerprint density at radius 2 is 2.05 bits per heavy atom. The lowest BCUT2D eigenvalue weighted by Gasteiger charge is -2.15. The van der Waals surface area contributed by atoms with E-state index in [2.05, 4.69) is 17.6 Å². The number of benzene rings is 1. The molecule has 1 aliphatic carbocycles. The third-order valence-electron chi connectivity index (χ3n) is 3.86. The van der Waals surface area contributed by atoms with Crippen molar-refractivity contribution in [1.82, 2.24) is 5.32 Å². The van der Waals surface area contributed by atoms with E-state index in [4.69, 9.17) is 0 Å². The number of hydrogen-bond acceptors (Lipinski definition) is 2. The molecule has 0 aliphatic heterocycles. The summed E-state index contributed by atoms with van der Waals surface area (Å²) in [4.78, 5) is 11.7. The van der Waals surface area contributed by atoms with E-state index >= 15 is 0 Å². The summed E-state index contributed by atoms with van der Waals surface area (Å²) in [6, 6.07) is 5.80. The van der Waals surface area contributed by atoms with Crippen LogP contribution in [0.25, 0.3) is 0 Å². The summed E-state index contributed by atoms with van der Waals surface area (Å²) in [7, 11) is 0. The third kappa shape index (κ3) is 4.31. The molecular weight excluding hydrogens is 243 g/mol. The zero-order valence-electron chi connectivity index (χ0n) is 11.3. The maximum Gasteiger partial charge on any atom is 0.238 e. The molecule has 0 bridgehead atoms. The predicted molar refractivity (Wildman–Crippen MR) is 74.4 cm³/mol. The van der Waals surface area contributed by atoms with Gasteiger partial charge in [0.05, 0.1) is 6.54 Å². The number of nitrogens with one attached hydrogen (secondary N) is 2. The van der Waals surface area contributed by atoms with Gasteiger partial charge >= 0.3 is 0 Å². The van der Waals surface area contributed by atoms with Crippen LogP contribution in [0.3, 0.4) is 0 Å². The van der Waals surface area contributed by atoms with Gasteiger partial charge < -0.3 is 10.6 Å². The fourth-order valence-corrected chi connectivity index (χ4v) is 2.63. The Labute approximate surface area is 113 Å². The largest absolute Gasteiger partial charge is 0.325 e. The van der Waals surface area contributed by atoms with E-state index in [0.717, 1.165) is 12.5 Å². The SMILES string of the molecule is CC1CCCC1CNCC(=O)Nc1ccc(F)cc1. The Bertz CT molecular complexity index is 419. The first-order valence-electron chi connectivity index (χ1n) is 6.91. The summed E-state index contributed by atoms with van der Waals surface area (Å²) in [6.45, 7) is 3.48. The van der Waals surface area contributed by atoms with Crippen LogP contribution in [0.15, 0.2) is 24.3 Å². The van der Waals surface area contributed by atoms with Gasteiger partial charge in [-0.05, 0) is 49.1 Å². The molecule has 4 heteroatoms. The minimum atomic E-state index is -0.300. The van der Waals surface area contributed by atoms with Crippen molar-refractivity contribution in [2.45, 2.75) is 26.2 Å². The molecule has 1 aromatic rings. The lowest BCUT2D eigenvalue weighted by Crippen LogP contribution is -2.32. The van der Waals surface area contributed by atoms with Crippen molar-refractivity contribution in [1.29, 1.82) is 0 Å². The van der Waals surface area contributed by atoms with Gasteiger partial charge in [-0.3, -0.25) is 4.79 Å². The van der Waals surface area contributed by atoms with E-state index in [1.54, 1.807) is 12.1 Å². The average Bonchev–Trinajstić information content (AvgIpc) is 2.78. The molecule has 2 rings (SSSR count). The van der Waals surface area contributed by atoms with Gasteiger partial charge in [-0.25, -0.2) is 4.39 Å². The molecule has 2 atom stereocenters. The summed E-state index contributed by atoms with van der Waals surface area (Å²) in [5, 5.41) is 5.94. The summed E-state index contributed by atoms with van der Waals surface area (Å²) < 4.78 is 12.7. The van der Waals surface area contributed by atoms with Crippen LogP contribution in [-0.4, -0.2) is 19.0 Å². The molecular formula is C15H21FN2O. The molecule has 1 fully saturated rings. The Hall–Kier alpha value is -1.42. The molecule has 0 aromatic heterocycles. The highest BCUT2D eigenvalue weighted by Crippen LogP contribution is 2.30. The normalized spacial score (nSPS) is 22.4. The Morgan fingerprint density at radius 3 is 2.68 bits per heavy atom. The highest BCUT2D eigenvalue weighted by molar-refractivity contribution is 5.92. The fraction of sp³-hybridized carbons (Fsp3) is 0.533. The minimum absolute atomic E-state index is 0.0859. The molecule has 2 unspecified atom stereocenters. The van der Waals surface area contributed by atoms with Crippen molar-refractivity contribution < 1.29 is 9.18 Å². The molecule has 2 N–H and O–H groups in total. The van der Waals surface area contributed by atoms with E-state index in [1.807, 2.05) is 0 Å². The number of carbonyl (C=O) groups is 1. The molecule has 104 valence electrons. The highest BCUT2D eigenvalue weighted by Gasteiger charge is 2.22. The summed E-state index contributed by atoms with van der Waals surface area (Å²) in [5.74, 6) is 1.06. The van der Waals surface area contributed by atoms with Crippen LogP contribution in [0.1, 0.15) is 26.2 Å². The van der Waals surface area contributed by atoms with Gasteiger partial charge in [0, 0.05) is 5.69 Å². The van der Waals surface area contributed by atoms with Crippen molar-refractivity contribution >= 4 is 11.6 Å².